The number of ether oxygens (including phenoxy) is 1. The third kappa shape index (κ3) is 3.07. The van der Waals surface area contributed by atoms with Gasteiger partial charge in [0.2, 0.25) is 0 Å². The van der Waals surface area contributed by atoms with E-state index in [0.29, 0.717) is 17.3 Å². The van der Waals surface area contributed by atoms with Crippen LogP contribution in [0.1, 0.15) is 0 Å². The molecule has 0 amide bonds. The Labute approximate surface area is 132 Å². The van der Waals surface area contributed by atoms with E-state index in [2.05, 4.69) is 4.37 Å². The highest BCUT2D eigenvalue weighted by molar-refractivity contribution is 7.13. The van der Waals surface area contributed by atoms with Crippen molar-refractivity contribution < 1.29 is 4.74 Å². The molecule has 1 heterocycles. The van der Waals surface area contributed by atoms with Crippen molar-refractivity contribution >= 4 is 57.9 Å². The number of fused-ring (bicyclic) bond motifs is 1. The zero-order valence-electron chi connectivity index (χ0n) is 10.3. The van der Waals surface area contributed by atoms with Crippen LogP contribution in [0.5, 0.6) is 11.5 Å². The second kappa shape index (κ2) is 6.65. The van der Waals surface area contributed by atoms with Gasteiger partial charge >= 0.3 is 0 Å². The summed E-state index contributed by atoms with van der Waals surface area (Å²) in [6, 6.07) is 13.1. The van der Waals surface area contributed by atoms with E-state index < -0.39 is 0 Å². The molecule has 0 aliphatic carbocycles. The summed E-state index contributed by atoms with van der Waals surface area (Å²) in [6.07, 6.45) is 0. The van der Waals surface area contributed by atoms with Crippen LogP contribution in [0, 0.1) is 0 Å². The molecule has 4 N–H and O–H groups in total. The van der Waals surface area contributed by atoms with E-state index >= 15 is 0 Å². The molecule has 0 spiro atoms. The lowest BCUT2D eigenvalue weighted by Crippen LogP contribution is -1.91. The van der Waals surface area contributed by atoms with Gasteiger partial charge in [-0.25, -0.2) is 0 Å². The molecule has 4 nitrogen and oxygen atoms in total. The van der Waals surface area contributed by atoms with Gasteiger partial charge in [0, 0.05) is 11.5 Å². The van der Waals surface area contributed by atoms with Gasteiger partial charge in [0.05, 0.1) is 10.4 Å². The molecule has 0 aliphatic heterocycles. The van der Waals surface area contributed by atoms with Crippen LogP contribution in [0.3, 0.4) is 0 Å². The van der Waals surface area contributed by atoms with Crippen molar-refractivity contribution in [3.63, 3.8) is 0 Å². The summed E-state index contributed by atoms with van der Waals surface area (Å²) in [6.45, 7) is 0. The predicted molar refractivity (Wildman–Crippen MR) is 89.5 cm³/mol. The molecule has 0 saturated heterocycles. The monoisotopic (exact) mass is 329 g/mol. The highest BCUT2D eigenvalue weighted by Gasteiger charge is 2.06. The summed E-state index contributed by atoms with van der Waals surface area (Å²) < 4.78 is 10.8. The van der Waals surface area contributed by atoms with Crippen LogP contribution < -0.4 is 16.2 Å². The molecule has 0 bridgehead atoms. The lowest BCUT2D eigenvalue weighted by molar-refractivity contribution is 0.486. The Morgan fingerprint density at radius 3 is 2.50 bits per heavy atom. The Hall–Kier alpha value is -1.69. The standard InChI is InChI=1S/C13H11N3OS.2ClH/c14-10-3-1-2-4-11(10)17-8-5-6-9-12(7-8)18-16-13(9)15;;/h1-7H,14H2,(H2,15,16);2*1H. The largest absolute Gasteiger partial charge is 0.455 e. The average molecular weight is 330 g/mol. The molecule has 3 rings (SSSR count). The molecule has 0 radical (unpaired) electrons. The molecule has 2 aromatic carbocycles. The van der Waals surface area contributed by atoms with Gasteiger partial charge in [0.1, 0.15) is 17.3 Å². The van der Waals surface area contributed by atoms with Gasteiger partial charge < -0.3 is 16.2 Å². The fourth-order valence-electron chi connectivity index (χ4n) is 1.70. The summed E-state index contributed by atoms with van der Waals surface area (Å²) in [5.41, 5.74) is 12.2. The molecular formula is C13H13Cl2N3OS. The second-order valence-corrected chi connectivity index (χ2v) is 4.67. The van der Waals surface area contributed by atoms with Crippen LogP contribution in [-0.2, 0) is 0 Å². The minimum absolute atomic E-state index is 0. The molecule has 3 aromatic rings. The Morgan fingerprint density at radius 1 is 1.00 bits per heavy atom. The Balaban J connectivity index is 0.000001000. The second-order valence-electron chi connectivity index (χ2n) is 3.87. The van der Waals surface area contributed by atoms with Crippen LogP contribution in [0.25, 0.3) is 10.1 Å². The van der Waals surface area contributed by atoms with Gasteiger partial charge in [0.15, 0.2) is 0 Å². The normalized spacial score (nSPS) is 9.60. The van der Waals surface area contributed by atoms with Gasteiger partial charge in [-0.3, -0.25) is 0 Å². The maximum Gasteiger partial charge on any atom is 0.150 e. The number of nitrogen functional groups attached to an aromatic ring is 2. The Kier molecular flexibility index (Phi) is 5.44. The summed E-state index contributed by atoms with van der Waals surface area (Å²) in [5.74, 6) is 1.93. The zero-order valence-corrected chi connectivity index (χ0v) is 12.7. The topological polar surface area (TPSA) is 74.2 Å². The number of halogens is 2. The quantitative estimate of drug-likeness (QED) is 0.694. The molecule has 0 unspecified atom stereocenters. The highest BCUT2D eigenvalue weighted by Crippen LogP contribution is 2.32. The van der Waals surface area contributed by atoms with E-state index in [1.165, 1.54) is 11.5 Å². The first-order valence-electron chi connectivity index (χ1n) is 5.41. The van der Waals surface area contributed by atoms with Crippen molar-refractivity contribution in [2.45, 2.75) is 0 Å². The van der Waals surface area contributed by atoms with E-state index in [4.69, 9.17) is 16.2 Å². The molecule has 20 heavy (non-hydrogen) atoms. The molecular weight excluding hydrogens is 317 g/mol. The van der Waals surface area contributed by atoms with Crippen molar-refractivity contribution in [2.24, 2.45) is 0 Å². The number of aromatic nitrogens is 1. The molecule has 1 aromatic heterocycles. The van der Waals surface area contributed by atoms with E-state index in [0.717, 1.165) is 15.8 Å². The van der Waals surface area contributed by atoms with Gasteiger partial charge in [-0.05, 0) is 35.8 Å². The number of nitrogens with two attached hydrogens (primary N) is 2. The van der Waals surface area contributed by atoms with E-state index in [1.54, 1.807) is 6.07 Å². The molecule has 0 aliphatic rings. The highest BCUT2D eigenvalue weighted by atomic mass is 35.5. The molecule has 0 fully saturated rings. The van der Waals surface area contributed by atoms with Gasteiger partial charge in [-0.2, -0.15) is 4.37 Å². The van der Waals surface area contributed by atoms with Crippen LogP contribution in [-0.4, -0.2) is 4.37 Å². The molecule has 106 valence electrons. The minimum Gasteiger partial charge on any atom is -0.455 e. The van der Waals surface area contributed by atoms with Gasteiger partial charge in [0.25, 0.3) is 0 Å². The third-order valence-corrected chi connectivity index (χ3v) is 3.44. The average Bonchev–Trinajstić information content (AvgIpc) is 2.74. The SMILES string of the molecule is Cl.Cl.Nc1ccccc1Oc1ccc2c(N)nsc2c1. The maximum atomic E-state index is 5.83. The fraction of sp³-hybridized carbons (Fsp3) is 0. The van der Waals surface area contributed by atoms with E-state index in [-0.39, 0.29) is 24.8 Å². The maximum absolute atomic E-state index is 5.83. The van der Waals surface area contributed by atoms with E-state index in [9.17, 15) is 0 Å². The first-order chi connectivity index (χ1) is 8.74. The van der Waals surface area contributed by atoms with Crippen LogP contribution in [0.4, 0.5) is 11.5 Å². The Morgan fingerprint density at radius 2 is 1.75 bits per heavy atom. The fourth-order valence-corrected chi connectivity index (χ4v) is 2.44. The number of benzene rings is 2. The first-order valence-corrected chi connectivity index (χ1v) is 6.18. The zero-order chi connectivity index (χ0) is 12.5. The smallest absolute Gasteiger partial charge is 0.150 e. The number of para-hydroxylation sites is 2. The van der Waals surface area contributed by atoms with Crippen LogP contribution in [0.2, 0.25) is 0 Å². The molecule has 0 saturated carbocycles. The number of rotatable bonds is 2. The number of hydrogen-bond donors (Lipinski definition) is 2. The Bertz CT molecular complexity index is 718. The number of nitrogens with zero attached hydrogens (tertiary/aromatic N) is 1. The third-order valence-electron chi connectivity index (χ3n) is 2.62. The summed E-state index contributed by atoms with van der Waals surface area (Å²) in [7, 11) is 0. The minimum atomic E-state index is 0. The van der Waals surface area contributed by atoms with Crippen molar-refractivity contribution in [3.8, 4) is 11.5 Å². The number of anilines is 2. The van der Waals surface area contributed by atoms with Crippen molar-refractivity contribution in [2.75, 3.05) is 11.5 Å². The van der Waals surface area contributed by atoms with Gasteiger partial charge in [-0.1, -0.05) is 12.1 Å². The molecule has 7 heteroatoms. The lowest BCUT2D eigenvalue weighted by atomic mass is 10.2. The first kappa shape index (κ1) is 16.4. The summed E-state index contributed by atoms with van der Waals surface area (Å²) >= 11 is 1.36. The number of hydrogen-bond acceptors (Lipinski definition) is 5. The summed E-state index contributed by atoms with van der Waals surface area (Å²) in [4.78, 5) is 0. The predicted octanol–water partition coefficient (Wildman–Crippen LogP) is 4.10. The molecule has 0 atom stereocenters. The van der Waals surface area contributed by atoms with Gasteiger partial charge in [-0.15, -0.1) is 24.8 Å². The van der Waals surface area contributed by atoms with Crippen LogP contribution >= 0.6 is 36.3 Å². The summed E-state index contributed by atoms with van der Waals surface area (Å²) in [5, 5.41) is 0.952. The van der Waals surface area contributed by atoms with Crippen molar-refractivity contribution in [1.29, 1.82) is 0 Å². The van der Waals surface area contributed by atoms with Crippen molar-refractivity contribution in [3.05, 3.63) is 42.5 Å². The van der Waals surface area contributed by atoms with Crippen LogP contribution in [0.15, 0.2) is 42.5 Å². The van der Waals surface area contributed by atoms with E-state index in [1.807, 2.05) is 36.4 Å². The van der Waals surface area contributed by atoms with Crippen molar-refractivity contribution in [1.82, 2.24) is 4.37 Å². The lowest BCUT2D eigenvalue weighted by Gasteiger charge is -2.07.